The van der Waals surface area contributed by atoms with Crippen LogP contribution in [0.15, 0.2) is 0 Å². The smallest absolute Gasteiger partial charge is 0.00470 e. The normalized spacial score (nSPS) is 20.8. The van der Waals surface area contributed by atoms with Crippen LogP contribution in [0.5, 0.6) is 0 Å². The number of hydrogen-bond acceptors (Lipinski definition) is 2. The average molecular weight is 187 g/mol. The summed E-state index contributed by atoms with van der Waals surface area (Å²) in [6.45, 7) is 0.861. The summed E-state index contributed by atoms with van der Waals surface area (Å²) in [5, 5.41) is 0.957. The Morgan fingerprint density at radius 1 is 1.08 bits per heavy atom. The Morgan fingerprint density at radius 2 is 1.75 bits per heavy atom. The molecule has 1 saturated carbocycles. The SMILES string of the molecule is NCCCSC1CCCCCC1. The zero-order chi connectivity index (χ0) is 8.65. The third-order valence-corrected chi connectivity index (χ3v) is 3.97. The zero-order valence-corrected chi connectivity index (χ0v) is 8.74. The predicted molar refractivity (Wildman–Crippen MR) is 57.6 cm³/mol. The maximum Gasteiger partial charge on any atom is 0.00470 e. The van der Waals surface area contributed by atoms with E-state index in [0.717, 1.165) is 11.8 Å². The molecule has 1 nitrogen and oxygen atoms in total. The van der Waals surface area contributed by atoms with Gasteiger partial charge in [-0.1, -0.05) is 25.7 Å². The standard InChI is InChI=1S/C10H21NS/c11-8-5-9-12-10-6-3-1-2-4-7-10/h10H,1-9,11H2. The second kappa shape index (κ2) is 6.79. The Hall–Kier alpha value is 0.310. The molecule has 0 bridgehead atoms. The molecule has 1 rings (SSSR count). The summed E-state index contributed by atoms with van der Waals surface area (Å²) in [6.07, 6.45) is 9.95. The fourth-order valence-corrected chi connectivity index (χ4v) is 3.08. The Bertz CT molecular complexity index is 98.0. The maximum absolute atomic E-state index is 5.46. The van der Waals surface area contributed by atoms with Gasteiger partial charge in [-0.15, -0.1) is 0 Å². The summed E-state index contributed by atoms with van der Waals surface area (Å²) >= 11 is 2.16. The summed E-state index contributed by atoms with van der Waals surface area (Å²) in [6, 6.07) is 0. The second-order valence-electron chi connectivity index (χ2n) is 3.63. The monoisotopic (exact) mass is 187 g/mol. The van der Waals surface area contributed by atoms with Gasteiger partial charge in [-0.2, -0.15) is 11.8 Å². The van der Waals surface area contributed by atoms with Gasteiger partial charge < -0.3 is 5.73 Å². The van der Waals surface area contributed by atoms with E-state index in [9.17, 15) is 0 Å². The van der Waals surface area contributed by atoms with Gasteiger partial charge in [0.25, 0.3) is 0 Å². The highest BCUT2D eigenvalue weighted by Gasteiger charge is 2.11. The minimum atomic E-state index is 0.861. The second-order valence-corrected chi connectivity index (χ2v) is 5.03. The van der Waals surface area contributed by atoms with E-state index in [1.165, 1.54) is 50.7 Å². The van der Waals surface area contributed by atoms with Gasteiger partial charge >= 0.3 is 0 Å². The van der Waals surface area contributed by atoms with E-state index >= 15 is 0 Å². The first kappa shape index (κ1) is 10.4. The Morgan fingerprint density at radius 3 is 2.33 bits per heavy atom. The molecule has 0 radical (unpaired) electrons. The number of rotatable bonds is 4. The van der Waals surface area contributed by atoms with Crippen molar-refractivity contribution >= 4 is 11.8 Å². The van der Waals surface area contributed by atoms with Crippen LogP contribution < -0.4 is 5.73 Å². The van der Waals surface area contributed by atoms with Crippen molar-refractivity contribution in [1.29, 1.82) is 0 Å². The van der Waals surface area contributed by atoms with Gasteiger partial charge in [-0.25, -0.2) is 0 Å². The molecule has 0 amide bonds. The van der Waals surface area contributed by atoms with Crippen LogP contribution in [-0.4, -0.2) is 17.5 Å². The molecule has 0 saturated heterocycles. The summed E-state index contributed by atoms with van der Waals surface area (Å²) < 4.78 is 0. The summed E-state index contributed by atoms with van der Waals surface area (Å²) in [7, 11) is 0. The van der Waals surface area contributed by atoms with Crippen LogP contribution in [0.25, 0.3) is 0 Å². The molecule has 1 aliphatic carbocycles. The topological polar surface area (TPSA) is 26.0 Å². The molecule has 0 unspecified atom stereocenters. The van der Waals surface area contributed by atoms with E-state index in [-0.39, 0.29) is 0 Å². The molecule has 0 atom stereocenters. The molecular weight excluding hydrogens is 166 g/mol. The van der Waals surface area contributed by atoms with E-state index in [2.05, 4.69) is 11.8 Å². The van der Waals surface area contributed by atoms with Gasteiger partial charge in [-0.05, 0) is 31.6 Å². The number of hydrogen-bond donors (Lipinski definition) is 1. The van der Waals surface area contributed by atoms with Gasteiger partial charge in [0.1, 0.15) is 0 Å². The highest BCUT2D eigenvalue weighted by Crippen LogP contribution is 2.27. The van der Waals surface area contributed by atoms with E-state index in [0.29, 0.717) is 0 Å². The summed E-state index contributed by atoms with van der Waals surface area (Å²) in [4.78, 5) is 0. The Kier molecular flexibility index (Phi) is 5.88. The average Bonchev–Trinajstić information content (AvgIpc) is 2.33. The first-order valence-corrected chi connectivity index (χ1v) is 6.30. The van der Waals surface area contributed by atoms with Crippen LogP contribution in [0, 0.1) is 0 Å². The number of nitrogens with two attached hydrogens (primary N) is 1. The summed E-state index contributed by atoms with van der Waals surface area (Å²) in [5.74, 6) is 1.28. The third-order valence-electron chi connectivity index (χ3n) is 2.50. The molecule has 0 aromatic heterocycles. The Balaban J connectivity index is 2.04. The molecule has 1 fully saturated rings. The van der Waals surface area contributed by atoms with Crippen molar-refractivity contribution in [2.45, 2.75) is 50.2 Å². The first-order valence-electron chi connectivity index (χ1n) is 5.25. The van der Waals surface area contributed by atoms with Crippen molar-refractivity contribution in [2.24, 2.45) is 5.73 Å². The van der Waals surface area contributed by atoms with Crippen molar-refractivity contribution in [3.8, 4) is 0 Å². The minimum Gasteiger partial charge on any atom is -0.330 e. The lowest BCUT2D eigenvalue weighted by Gasteiger charge is -2.12. The van der Waals surface area contributed by atoms with E-state index < -0.39 is 0 Å². The minimum absolute atomic E-state index is 0.861. The van der Waals surface area contributed by atoms with Crippen molar-refractivity contribution in [3.63, 3.8) is 0 Å². The molecule has 2 heteroatoms. The fourth-order valence-electron chi connectivity index (χ4n) is 1.74. The fraction of sp³-hybridized carbons (Fsp3) is 1.00. The Labute approximate surface area is 80.5 Å². The molecule has 0 aromatic rings. The van der Waals surface area contributed by atoms with Crippen molar-refractivity contribution < 1.29 is 0 Å². The third kappa shape index (κ3) is 4.36. The molecule has 2 N–H and O–H groups in total. The lowest BCUT2D eigenvalue weighted by Crippen LogP contribution is -2.05. The molecule has 12 heavy (non-hydrogen) atoms. The van der Waals surface area contributed by atoms with Gasteiger partial charge in [0.15, 0.2) is 0 Å². The van der Waals surface area contributed by atoms with E-state index in [1.807, 2.05) is 0 Å². The van der Waals surface area contributed by atoms with Gasteiger partial charge in [-0.3, -0.25) is 0 Å². The van der Waals surface area contributed by atoms with Crippen molar-refractivity contribution in [3.05, 3.63) is 0 Å². The van der Waals surface area contributed by atoms with Crippen LogP contribution in [0.2, 0.25) is 0 Å². The van der Waals surface area contributed by atoms with Crippen LogP contribution in [0.1, 0.15) is 44.9 Å². The molecule has 0 aromatic carbocycles. The van der Waals surface area contributed by atoms with Crippen molar-refractivity contribution in [1.82, 2.24) is 0 Å². The van der Waals surface area contributed by atoms with Gasteiger partial charge in [0.05, 0.1) is 0 Å². The van der Waals surface area contributed by atoms with E-state index in [1.54, 1.807) is 0 Å². The molecule has 0 spiro atoms. The maximum atomic E-state index is 5.46. The quantitative estimate of drug-likeness (QED) is 0.541. The highest BCUT2D eigenvalue weighted by atomic mass is 32.2. The first-order chi connectivity index (χ1) is 5.93. The molecule has 72 valence electrons. The number of thioether (sulfide) groups is 1. The van der Waals surface area contributed by atoms with Crippen LogP contribution in [-0.2, 0) is 0 Å². The zero-order valence-electron chi connectivity index (χ0n) is 7.93. The molecule has 1 aliphatic rings. The lowest BCUT2D eigenvalue weighted by molar-refractivity contribution is 0.702. The summed E-state index contributed by atoms with van der Waals surface area (Å²) in [5.41, 5.74) is 5.46. The lowest BCUT2D eigenvalue weighted by atomic mass is 10.2. The largest absolute Gasteiger partial charge is 0.330 e. The molecule has 0 aliphatic heterocycles. The molecule has 0 heterocycles. The van der Waals surface area contributed by atoms with Crippen LogP contribution >= 0.6 is 11.8 Å². The van der Waals surface area contributed by atoms with Crippen LogP contribution in [0.3, 0.4) is 0 Å². The van der Waals surface area contributed by atoms with Crippen LogP contribution in [0.4, 0.5) is 0 Å². The van der Waals surface area contributed by atoms with Gasteiger partial charge in [0, 0.05) is 5.25 Å². The molecular formula is C10H21NS. The van der Waals surface area contributed by atoms with Gasteiger partial charge in [0.2, 0.25) is 0 Å². The predicted octanol–water partition coefficient (Wildman–Crippen LogP) is 2.79. The van der Waals surface area contributed by atoms with E-state index in [4.69, 9.17) is 5.73 Å². The highest BCUT2D eigenvalue weighted by molar-refractivity contribution is 7.99. The van der Waals surface area contributed by atoms with Crippen molar-refractivity contribution in [2.75, 3.05) is 12.3 Å².